The Labute approximate surface area is 75.0 Å². The minimum atomic E-state index is 0.433. The van der Waals surface area contributed by atoms with Gasteiger partial charge in [-0.1, -0.05) is 12.2 Å². The third-order valence-corrected chi connectivity index (χ3v) is 2.37. The molecular formula is C10H19NO. The number of hydrogen-bond acceptors (Lipinski definition) is 2. The van der Waals surface area contributed by atoms with E-state index in [9.17, 15) is 0 Å². The fraction of sp³-hybridized carbons (Fsp3) is 0.800. The highest BCUT2D eigenvalue weighted by Gasteiger charge is 2.23. The van der Waals surface area contributed by atoms with E-state index in [0.717, 1.165) is 19.7 Å². The average Bonchev–Trinajstić information content (AvgIpc) is 2.36. The Bertz CT molecular complexity index is 156. The maximum Gasteiger partial charge on any atom is 0.0588 e. The van der Waals surface area contributed by atoms with Crippen LogP contribution in [0.15, 0.2) is 12.2 Å². The maximum atomic E-state index is 5.46. The highest BCUT2D eigenvalue weighted by atomic mass is 16.5. The van der Waals surface area contributed by atoms with Crippen LogP contribution in [0.5, 0.6) is 0 Å². The first kappa shape index (κ1) is 9.75. The summed E-state index contributed by atoms with van der Waals surface area (Å²) < 4.78 is 5.46. The van der Waals surface area contributed by atoms with E-state index in [2.05, 4.69) is 18.8 Å². The lowest BCUT2D eigenvalue weighted by molar-refractivity contribution is 0.106. The van der Waals surface area contributed by atoms with Crippen molar-refractivity contribution in [2.75, 3.05) is 19.7 Å². The minimum absolute atomic E-state index is 0.433. The molecule has 1 saturated heterocycles. The van der Waals surface area contributed by atoms with E-state index in [0.29, 0.717) is 12.0 Å². The SMILES string of the molecule is C=C(C)CNCC1CCOC1C. The van der Waals surface area contributed by atoms with Crippen LogP contribution < -0.4 is 5.32 Å². The Morgan fingerprint density at radius 2 is 2.42 bits per heavy atom. The zero-order valence-corrected chi connectivity index (χ0v) is 8.10. The lowest BCUT2D eigenvalue weighted by Crippen LogP contribution is -2.27. The summed E-state index contributed by atoms with van der Waals surface area (Å²) >= 11 is 0. The molecule has 70 valence electrons. The molecule has 0 aliphatic carbocycles. The van der Waals surface area contributed by atoms with Gasteiger partial charge in [-0.2, -0.15) is 0 Å². The number of rotatable bonds is 4. The van der Waals surface area contributed by atoms with E-state index in [1.54, 1.807) is 0 Å². The predicted octanol–water partition coefficient (Wildman–Crippen LogP) is 1.58. The molecule has 1 heterocycles. The molecule has 1 fully saturated rings. The van der Waals surface area contributed by atoms with Crippen LogP contribution in [0.4, 0.5) is 0 Å². The van der Waals surface area contributed by atoms with Crippen molar-refractivity contribution in [3.8, 4) is 0 Å². The fourth-order valence-corrected chi connectivity index (χ4v) is 1.52. The second-order valence-electron chi connectivity index (χ2n) is 3.71. The maximum absolute atomic E-state index is 5.46. The van der Waals surface area contributed by atoms with Crippen molar-refractivity contribution < 1.29 is 4.74 Å². The van der Waals surface area contributed by atoms with Gasteiger partial charge >= 0.3 is 0 Å². The van der Waals surface area contributed by atoms with Crippen molar-refractivity contribution in [3.63, 3.8) is 0 Å². The smallest absolute Gasteiger partial charge is 0.0588 e. The second-order valence-corrected chi connectivity index (χ2v) is 3.71. The predicted molar refractivity (Wildman–Crippen MR) is 51.2 cm³/mol. The number of hydrogen-bond donors (Lipinski definition) is 1. The standard InChI is InChI=1S/C10H19NO/c1-8(2)6-11-7-10-4-5-12-9(10)3/h9-11H,1,4-7H2,2-3H3. The van der Waals surface area contributed by atoms with E-state index < -0.39 is 0 Å². The molecule has 0 saturated carbocycles. The molecule has 1 N–H and O–H groups in total. The topological polar surface area (TPSA) is 21.3 Å². The molecule has 1 rings (SSSR count). The van der Waals surface area contributed by atoms with Gasteiger partial charge in [0.2, 0.25) is 0 Å². The van der Waals surface area contributed by atoms with Crippen LogP contribution in [0, 0.1) is 5.92 Å². The van der Waals surface area contributed by atoms with Gasteiger partial charge in [0, 0.05) is 19.7 Å². The highest BCUT2D eigenvalue weighted by molar-refractivity contribution is 4.91. The lowest BCUT2D eigenvalue weighted by Gasteiger charge is -2.14. The van der Waals surface area contributed by atoms with Gasteiger partial charge in [-0.15, -0.1) is 0 Å². The summed E-state index contributed by atoms with van der Waals surface area (Å²) in [4.78, 5) is 0. The van der Waals surface area contributed by atoms with Gasteiger partial charge in [-0.3, -0.25) is 0 Å². The molecule has 0 radical (unpaired) electrons. The monoisotopic (exact) mass is 169 g/mol. The van der Waals surface area contributed by atoms with E-state index >= 15 is 0 Å². The number of ether oxygens (including phenoxy) is 1. The Balaban J connectivity index is 2.10. The van der Waals surface area contributed by atoms with Gasteiger partial charge in [0.15, 0.2) is 0 Å². The summed E-state index contributed by atoms with van der Waals surface area (Å²) in [6, 6.07) is 0. The molecule has 1 aliphatic heterocycles. The molecule has 0 bridgehead atoms. The first-order chi connectivity index (χ1) is 5.70. The molecule has 2 nitrogen and oxygen atoms in total. The van der Waals surface area contributed by atoms with Gasteiger partial charge in [-0.25, -0.2) is 0 Å². The summed E-state index contributed by atoms with van der Waals surface area (Å²) in [5, 5.41) is 3.38. The van der Waals surface area contributed by atoms with E-state index in [4.69, 9.17) is 4.74 Å². The Morgan fingerprint density at radius 3 is 2.92 bits per heavy atom. The molecule has 1 aliphatic rings. The molecule has 0 amide bonds. The Hall–Kier alpha value is -0.340. The van der Waals surface area contributed by atoms with Crippen molar-refractivity contribution in [2.45, 2.75) is 26.4 Å². The van der Waals surface area contributed by atoms with Crippen LogP contribution in [-0.2, 0) is 4.74 Å². The van der Waals surface area contributed by atoms with Crippen molar-refractivity contribution in [3.05, 3.63) is 12.2 Å². The molecule has 2 atom stereocenters. The Morgan fingerprint density at radius 1 is 1.67 bits per heavy atom. The van der Waals surface area contributed by atoms with Gasteiger partial charge in [0.25, 0.3) is 0 Å². The van der Waals surface area contributed by atoms with Gasteiger partial charge < -0.3 is 10.1 Å². The quantitative estimate of drug-likeness (QED) is 0.645. The molecular weight excluding hydrogens is 150 g/mol. The van der Waals surface area contributed by atoms with E-state index in [1.165, 1.54) is 12.0 Å². The molecule has 12 heavy (non-hydrogen) atoms. The van der Waals surface area contributed by atoms with E-state index in [1.807, 2.05) is 6.92 Å². The molecule has 0 aromatic heterocycles. The summed E-state index contributed by atoms with van der Waals surface area (Å²) in [7, 11) is 0. The third-order valence-electron chi connectivity index (χ3n) is 2.37. The van der Waals surface area contributed by atoms with Gasteiger partial charge in [0.05, 0.1) is 6.10 Å². The molecule has 2 unspecified atom stereocenters. The van der Waals surface area contributed by atoms with Crippen LogP contribution in [-0.4, -0.2) is 25.8 Å². The van der Waals surface area contributed by atoms with Crippen LogP contribution in [0.25, 0.3) is 0 Å². The van der Waals surface area contributed by atoms with Crippen LogP contribution in [0.3, 0.4) is 0 Å². The third kappa shape index (κ3) is 2.95. The molecule has 0 aromatic rings. The van der Waals surface area contributed by atoms with E-state index in [-0.39, 0.29) is 0 Å². The molecule has 2 heteroatoms. The normalized spacial score (nSPS) is 29.2. The van der Waals surface area contributed by atoms with Crippen molar-refractivity contribution in [1.82, 2.24) is 5.32 Å². The molecule has 0 spiro atoms. The van der Waals surface area contributed by atoms with Crippen molar-refractivity contribution in [1.29, 1.82) is 0 Å². The number of nitrogens with one attached hydrogen (secondary N) is 1. The zero-order chi connectivity index (χ0) is 8.97. The van der Waals surface area contributed by atoms with Crippen LogP contribution >= 0.6 is 0 Å². The summed E-state index contributed by atoms with van der Waals surface area (Å²) in [6.07, 6.45) is 1.63. The zero-order valence-electron chi connectivity index (χ0n) is 8.10. The second kappa shape index (κ2) is 4.63. The van der Waals surface area contributed by atoms with Gasteiger partial charge in [-0.05, 0) is 26.2 Å². The summed E-state index contributed by atoms with van der Waals surface area (Å²) in [6.45, 7) is 11.0. The van der Waals surface area contributed by atoms with Crippen molar-refractivity contribution >= 4 is 0 Å². The summed E-state index contributed by atoms with van der Waals surface area (Å²) in [5.41, 5.74) is 1.20. The van der Waals surface area contributed by atoms with Crippen LogP contribution in [0.1, 0.15) is 20.3 Å². The Kier molecular flexibility index (Phi) is 3.76. The molecule has 0 aromatic carbocycles. The van der Waals surface area contributed by atoms with Gasteiger partial charge in [0.1, 0.15) is 0 Å². The summed E-state index contributed by atoms with van der Waals surface area (Å²) in [5.74, 6) is 0.698. The average molecular weight is 169 g/mol. The van der Waals surface area contributed by atoms with Crippen molar-refractivity contribution in [2.24, 2.45) is 5.92 Å². The fourth-order valence-electron chi connectivity index (χ4n) is 1.52. The first-order valence-electron chi connectivity index (χ1n) is 4.67. The lowest BCUT2D eigenvalue weighted by atomic mass is 10.0. The highest BCUT2D eigenvalue weighted by Crippen LogP contribution is 2.19. The first-order valence-corrected chi connectivity index (χ1v) is 4.67. The minimum Gasteiger partial charge on any atom is -0.378 e. The van der Waals surface area contributed by atoms with Crippen LogP contribution in [0.2, 0.25) is 0 Å². The largest absolute Gasteiger partial charge is 0.378 e.